The Balaban J connectivity index is 2.21. The number of cyclic esters (lactones) is 1. The summed E-state index contributed by atoms with van der Waals surface area (Å²) >= 11 is 0. The summed E-state index contributed by atoms with van der Waals surface area (Å²) in [5, 5.41) is 9.34. The molecule has 1 fully saturated rings. The molecule has 0 aromatic heterocycles. The van der Waals surface area contributed by atoms with E-state index in [9.17, 15) is 9.90 Å². The molecule has 60 valence electrons. The van der Waals surface area contributed by atoms with Gasteiger partial charge in [-0.1, -0.05) is 12.2 Å². The Hall–Kier alpha value is -1.03. The average Bonchev–Trinajstić information content (AvgIpc) is 2.35. The van der Waals surface area contributed by atoms with Gasteiger partial charge in [0.2, 0.25) is 0 Å². The van der Waals surface area contributed by atoms with E-state index in [1.807, 2.05) is 0 Å². The average molecular weight is 158 g/mol. The predicted molar refractivity (Wildman–Crippen MR) is 37.0 cm³/mol. The Morgan fingerprint density at radius 1 is 1.73 bits per heavy atom. The van der Waals surface area contributed by atoms with E-state index in [0.717, 1.165) is 0 Å². The van der Waals surface area contributed by atoms with Crippen LogP contribution < -0.4 is 0 Å². The molecule has 2 heterocycles. The molecule has 11 heavy (non-hydrogen) atoms. The molecule has 0 aromatic carbocycles. The van der Waals surface area contributed by atoms with Crippen molar-refractivity contribution in [3.8, 4) is 0 Å². The number of fused-ring (bicyclic) bond motifs is 1. The van der Waals surface area contributed by atoms with Gasteiger partial charge in [-0.05, 0) is 0 Å². The first-order chi connectivity index (χ1) is 5.29. The molecular weight excluding hydrogens is 149 g/mol. The SMILES string of the molecule is O=C1O[13CH2][13C@@H]2[13C@@H](O)C=CCN12. The molecule has 0 aromatic rings. The number of aliphatic hydroxyl groups is 1. The van der Waals surface area contributed by atoms with Crippen LogP contribution in [0.1, 0.15) is 0 Å². The number of hydrogen-bond donors (Lipinski definition) is 1. The zero-order chi connectivity index (χ0) is 7.84. The van der Waals surface area contributed by atoms with Crippen LogP contribution in [0, 0.1) is 0 Å². The Morgan fingerprint density at radius 3 is 3.27 bits per heavy atom. The number of amides is 1. The maximum Gasteiger partial charge on any atom is 0.410 e. The Bertz CT molecular complexity index is 214. The molecule has 2 rings (SSSR count). The van der Waals surface area contributed by atoms with Gasteiger partial charge in [0.05, 0.1) is 12.1 Å². The summed E-state index contributed by atoms with van der Waals surface area (Å²) in [5.74, 6) is 0. The molecule has 0 saturated carbocycles. The lowest BCUT2D eigenvalue weighted by molar-refractivity contribution is 0.118. The van der Waals surface area contributed by atoms with Crippen LogP contribution in [0.2, 0.25) is 0 Å². The highest BCUT2D eigenvalue weighted by Crippen LogP contribution is 2.19. The fourth-order valence-electron chi connectivity index (χ4n) is 1.40. The smallest absolute Gasteiger partial charge is 0.410 e. The van der Waals surface area contributed by atoms with E-state index in [1.165, 1.54) is 4.90 Å². The van der Waals surface area contributed by atoms with Gasteiger partial charge in [0, 0.05) is 6.54 Å². The first kappa shape index (κ1) is 6.67. The fraction of sp³-hybridized carbons (Fsp3) is 0.571. The lowest BCUT2D eigenvalue weighted by Crippen LogP contribution is -2.43. The first-order valence-corrected chi connectivity index (χ1v) is 3.57. The van der Waals surface area contributed by atoms with Gasteiger partial charge in [0.1, 0.15) is 6.61 Å². The van der Waals surface area contributed by atoms with Crippen molar-refractivity contribution in [1.29, 1.82) is 0 Å². The summed E-state index contributed by atoms with van der Waals surface area (Å²) in [5.41, 5.74) is 0. The highest BCUT2D eigenvalue weighted by Gasteiger charge is 2.37. The van der Waals surface area contributed by atoms with Crippen molar-refractivity contribution < 1.29 is 14.6 Å². The van der Waals surface area contributed by atoms with Crippen molar-refractivity contribution in [3.05, 3.63) is 12.2 Å². The second kappa shape index (κ2) is 2.23. The number of ether oxygens (including phenoxy) is 1. The summed E-state index contributed by atoms with van der Waals surface area (Å²) in [4.78, 5) is 12.4. The number of nitrogens with zero attached hydrogens (tertiary/aromatic N) is 1. The van der Waals surface area contributed by atoms with Crippen molar-refractivity contribution in [2.75, 3.05) is 13.2 Å². The lowest BCUT2D eigenvalue weighted by Gasteiger charge is -2.26. The molecule has 1 amide bonds. The third-order valence-corrected chi connectivity index (χ3v) is 2.04. The van der Waals surface area contributed by atoms with Crippen LogP contribution in [0.4, 0.5) is 4.79 Å². The molecule has 1 saturated heterocycles. The van der Waals surface area contributed by atoms with Crippen molar-refractivity contribution in [2.45, 2.75) is 12.1 Å². The predicted octanol–water partition coefficient (Wildman–Crippen LogP) is -0.262. The minimum atomic E-state index is -0.560. The van der Waals surface area contributed by atoms with E-state index in [0.29, 0.717) is 13.2 Å². The summed E-state index contributed by atoms with van der Waals surface area (Å²) < 4.78 is 4.76. The minimum absolute atomic E-state index is 0.160. The van der Waals surface area contributed by atoms with E-state index < -0.39 is 6.10 Å². The molecule has 2 aliphatic rings. The Labute approximate surface area is 64.1 Å². The van der Waals surface area contributed by atoms with Gasteiger partial charge >= 0.3 is 6.09 Å². The van der Waals surface area contributed by atoms with Crippen molar-refractivity contribution in [3.63, 3.8) is 0 Å². The van der Waals surface area contributed by atoms with Crippen LogP contribution in [0.3, 0.4) is 0 Å². The topological polar surface area (TPSA) is 49.8 Å². The molecule has 0 unspecified atom stereocenters. The molecule has 0 aliphatic carbocycles. The monoisotopic (exact) mass is 158 g/mol. The maximum atomic E-state index is 10.9. The number of hydrogen-bond acceptors (Lipinski definition) is 3. The standard InChI is InChI=1S/C7H9NO3/c9-6-2-1-3-8-5(6)4-11-7(8)10/h1-2,5-6,9H,3-4H2/t5-,6+/m1/s1/i4+1,5+1,6+1. The zero-order valence-electron chi connectivity index (χ0n) is 5.93. The molecule has 1 N–H and O–H groups in total. The largest absolute Gasteiger partial charge is 0.447 e. The number of carbonyl (C=O) groups is 1. The number of aliphatic hydroxyl groups excluding tert-OH is 1. The number of rotatable bonds is 0. The maximum absolute atomic E-state index is 10.9. The molecule has 4 heteroatoms. The minimum Gasteiger partial charge on any atom is -0.447 e. The second-order valence-corrected chi connectivity index (χ2v) is 2.72. The van der Waals surface area contributed by atoms with E-state index in [1.54, 1.807) is 12.2 Å². The second-order valence-electron chi connectivity index (χ2n) is 2.72. The van der Waals surface area contributed by atoms with Crippen LogP contribution in [-0.2, 0) is 4.74 Å². The van der Waals surface area contributed by atoms with Gasteiger partial charge in [-0.2, -0.15) is 0 Å². The quantitative estimate of drug-likeness (QED) is 0.390. The summed E-state index contributed by atoms with van der Waals surface area (Å²) in [6, 6.07) is -0.160. The van der Waals surface area contributed by atoms with E-state index in [-0.39, 0.29) is 12.1 Å². The zero-order valence-corrected chi connectivity index (χ0v) is 5.93. The highest BCUT2D eigenvalue weighted by atomic mass is 16.6. The lowest BCUT2D eigenvalue weighted by atomic mass is 10.5. The highest BCUT2D eigenvalue weighted by molar-refractivity contribution is 5.70. The molecular formula is C7H9NO3. The summed E-state index contributed by atoms with van der Waals surface area (Å²) in [6.07, 6.45) is 2.59. The summed E-state index contributed by atoms with van der Waals surface area (Å²) in [6.45, 7) is 0.866. The van der Waals surface area contributed by atoms with E-state index >= 15 is 0 Å². The van der Waals surface area contributed by atoms with Gasteiger partial charge < -0.3 is 9.84 Å². The van der Waals surface area contributed by atoms with Gasteiger partial charge in [0.25, 0.3) is 0 Å². The van der Waals surface area contributed by atoms with E-state index in [4.69, 9.17) is 4.74 Å². The van der Waals surface area contributed by atoms with Gasteiger partial charge in [-0.15, -0.1) is 0 Å². The molecule has 4 nitrogen and oxygen atoms in total. The summed E-state index contributed by atoms with van der Waals surface area (Å²) in [7, 11) is 0. The third kappa shape index (κ3) is 0.903. The molecule has 0 spiro atoms. The van der Waals surface area contributed by atoms with Crippen LogP contribution in [0.5, 0.6) is 0 Å². The fourth-order valence-corrected chi connectivity index (χ4v) is 1.40. The van der Waals surface area contributed by atoms with Crippen LogP contribution >= 0.6 is 0 Å². The van der Waals surface area contributed by atoms with Gasteiger partial charge in [-0.3, -0.25) is 4.90 Å². The van der Waals surface area contributed by atoms with Crippen molar-refractivity contribution >= 4 is 6.09 Å². The van der Waals surface area contributed by atoms with Gasteiger partial charge in [-0.25, -0.2) is 4.79 Å². The van der Waals surface area contributed by atoms with Crippen molar-refractivity contribution in [2.24, 2.45) is 0 Å². The van der Waals surface area contributed by atoms with Gasteiger partial charge in [0.15, 0.2) is 0 Å². The van der Waals surface area contributed by atoms with E-state index in [2.05, 4.69) is 0 Å². The molecule has 0 bridgehead atoms. The molecule has 0 radical (unpaired) electrons. The third-order valence-electron chi connectivity index (χ3n) is 2.04. The Morgan fingerprint density at radius 2 is 2.55 bits per heavy atom. The first-order valence-electron chi connectivity index (χ1n) is 3.57. The van der Waals surface area contributed by atoms with Crippen LogP contribution in [0.25, 0.3) is 0 Å². The normalized spacial score (nSPS) is 35.4. The molecule has 2 aliphatic heterocycles. The number of carbonyl (C=O) groups excluding carboxylic acids is 1. The Kier molecular flexibility index (Phi) is 1.35. The van der Waals surface area contributed by atoms with Crippen LogP contribution in [-0.4, -0.2) is 41.4 Å². The molecule has 2 atom stereocenters. The van der Waals surface area contributed by atoms with Crippen molar-refractivity contribution in [1.82, 2.24) is 4.90 Å². The van der Waals surface area contributed by atoms with Crippen LogP contribution in [0.15, 0.2) is 12.2 Å².